The zero-order chi connectivity index (χ0) is 15.2. The average Bonchev–Trinajstić information content (AvgIpc) is 2.48. The number of carboxylic acid groups (broad SMARTS) is 1. The number of carbonyl (C=O) groups is 2. The fourth-order valence-electron chi connectivity index (χ4n) is 1.76. The van der Waals surface area contributed by atoms with Crippen molar-refractivity contribution in [3.8, 4) is 0 Å². The number of benzene rings is 2. The van der Waals surface area contributed by atoms with Crippen LogP contribution in [0.15, 0.2) is 59.5 Å². The standard InChI is InChI=1S/C16H15NO3S/c1-11(15(18)17-12-7-3-2-4-8-12)21-14-10-6-5-9-13(14)16(19)20/h2-11H,1H3,(H,17,18)(H,19,20). The molecule has 0 saturated heterocycles. The van der Waals surface area contributed by atoms with E-state index < -0.39 is 11.2 Å². The minimum atomic E-state index is -0.992. The molecule has 0 saturated carbocycles. The molecule has 0 heterocycles. The van der Waals surface area contributed by atoms with Gasteiger partial charge in [-0.1, -0.05) is 30.3 Å². The van der Waals surface area contributed by atoms with E-state index in [2.05, 4.69) is 5.32 Å². The summed E-state index contributed by atoms with van der Waals surface area (Å²) in [5.74, 6) is -1.15. The number of thioether (sulfide) groups is 1. The molecule has 4 nitrogen and oxygen atoms in total. The predicted octanol–water partition coefficient (Wildman–Crippen LogP) is 3.50. The summed E-state index contributed by atoms with van der Waals surface area (Å²) in [4.78, 5) is 23.9. The van der Waals surface area contributed by atoms with Crippen LogP contribution in [0, 0.1) is 0 Å². The third-order valence-corrected chi connectivity index (χ3v) is 4.01. The summed E-state index contributed by atoms with van der Waals surface area (Å²) in [7, 11) is 0. The van der Waals surface area contributed by atoms with Crippen LogP contribution in [0.25, 0.3) is 0 Å². The summed E-state index contributed by atoms with van der Waals surface area (Å²) < 4.78 is 0. The number of amides is 1. The molecule has 2 aromatic carbocycles. The highest BCUT2D eigenvalue weighted by Crippen LogP contribution is 2.27. The number of anilines is 1. The van der Waals surface area contributed by atoms with Crippen molar-refractivity contribution in [1.82, 2.24) is 0 Å². The first-order valence-corrected chi connectivity index (χ1v) is 7.31. The number of hydrogen-bond acceptors (Lipinski definition) is 3. The third kappa shape index (κ3) is 4.10. The van der Waals surface area contributed by atoms with E-state index in [1.165, 1.54) is 17.8 Å². The molecule has 1 unspecified atom stereocenters. The molecule has 0 aliphatic carbocycles. The van der Waals surface area contributed by atoms with Gasteiger partial charge >= 0.3 is 5.97 Å². The second kappa shape index (κ2) is 6.95. The van der Waals surface area contributed by atoms with Crippen LogP contribution in [0.1, 0.15) is 17.3 Å². The summed E-state index contributed by atoms with van der Waals surface area (Å²) in [6.07, 6.45) is 0. The Balaban J connectivity index is 2.06. The van der Waals surface area contributed by atoms with E-state index in [4.69, 9.17) is 5.11 Å². The van der Waals surface area contributed by atoms with Gasteiger partial charge in [0.25, 0.3) is 0 Å². The molecule has 0 fully saturated rings. The molecule has 2 rings (SSSR count). The Morgan fingerprint density at radius 3 is 2.33 bits per heavy atom. The van der Waals surface area contributed by atoms with Gasteiger partial charge in [-0.15, -0.1) is 11.8 Å². The van der Waals surface area contributed by atoms with E-state index in [0.717, 1.165) is 5.69 Å². The largest absolute Gasteiger partial charge is 0.478 e. The summed E-state index contributed by atoms with van der Waals surface area (Å²) >= 11 is 1.23. The van der Waals surface area contributed by atoms with Crippen LogP contribution >= 0.6 is 11.8 Å². The van der Waals surface area contributed by atoms with Crippen LogP contribution in [0.3, 0.4) is 0 Å². The van der Waals surface area contributed by atoms with Gasteiger partial charge in [0.2, 0.25) is 5.91 Å². The van der Waals surface area contributed by atoms with Crippen molar-refractivity contribution in [3.05, 3.63) is 60.2 Å². The summed E-state index contributed by atoms with van der Waals surface area (Å²) in [6.45, 7) is 1.75. The van der Waals surface area contributed by atoms with Gasteiger partial charge in [0, 0.05) is 10.6 Å². The van der Waals surface area contributed by atoms with Gasteiger partial charge in [-0.2, -0.15) is 0 Å². The zero-order valence-electron chi connectivity index (χ0n) is 11.4. The van der Waals surface area contributed by atoms with Gasteiger partial charge < -0.3 is 10.4 Å². The van der Waals surface area contributed by atoms with Gasteiger partial charge in [-0.05, 0) is 31.2 Å². The van der Waals surface area contributed by atoms with Crippen molar-refractivity contribution in [2.24, 2.45) is 0 Å². The van der Waals surface area contributed by atoms with Crippen LogP contribution in [0.4, 0.5) is 5.69 Å². The van der Waals surface area contributed by atoms with Gasteiger partial charge in [0.05, 0.1) is 10.8 Å². The topological polar surface area (TPSA) is 66.4 Å². The normalized spacial score (nSPS) is 11.7. The molecule has 0 aliphatic rings. The highest BCUT2D eigenvalue weighted by molar-refractivity contribution is 8.00. The van der Waals surface area contributed by atoms with E-state index >= 15 is 0 Å². The fraction of sp³-hybridized carbons (Fsp3) is 0.125. The second-order valence-electron chi connectivity index (χ2n) is 4.42. The Bertz CT molecular complexity index is 643. The number of aromatic carboxylic acids is 1. The molecule has 0 spiro atoms. The van der Waals surface area contributed by atoms with E-state index in [9.17, 15) is 9.59 Å². The lowest BCUT2D eigenvalue weighted by molar-refractivity contribution is -0.115. The van der Waals surface area contributed by atoms with Gasteiger partial charge in [0.1, 0.15) is 0 Å². The molecule has 0 bridgehead atoms. The number of hydrogen-bond donors (Lipinski definition) is 2. The van der Waals surface area contributed by atoms with Crippen molar-refractivity contribution >= 4 is 29.3 Å². The molecule has 2 N–H and O–H groups in total. The van der Waals surface area contributed by atoms with Crippen molar-refractivity contribution in [3.63, 3.8) is 0 Å². The Labute approximate surface area is 127 Å². The fourth-order valence-corrected chi connectivity index (χ4v) is 2.74. The quantitative estimate of drug-likeness (QED) is 0.829. The highest BCUT2D eigenvalue weighted by Gasteiger charge is 2.18. The Morgan fingerprint density at radius 2 is 1.67 bits per heavy atom. The summed E-state index contributed by atoms with van der Waals surface area (Å²) in [5.41, 5.74) is 0.934. The monoisotopic (exact) mass is 301 g/mol. The van der Waals surface area contributed by atoms with Gasteiger partial charge in [-0.3, -0.25) is 4.79 Å². The first kappa shape index (κ1) is 15.1. The van der Waals surface area contributed by atoms with E-state index in [-0.39, 0.29) is 11.5 Å². The highest BCUT2D eigenvalue weighted by atomic mass is 32.2. The van der Waals surface area contributed by atoms with E-state index in [1.54, 1.807) is 37.3 Å². The van der Waals surface area contributed by atoms with Crippen molar-refractivity contribution in [2.75, 3.05) is 5.32 Å². The minimum Gasteiger partial charge on any atom is -0.478 e. The lowest BCUT2D eigenvalue weighted by atomic mass is 10.2. The predicted molar refractivity (Wildman–Crippen MR) is 83.8 cm³/mol. The number of nitrogens with one attached hydrogen (secondary N) is 1. The van der Waals surface area contributed by atoms with Crippen molar-refractivity contribution in [1.29, 1.82) is 0 Å². The zero-order valence-corrected chi connectivity index (χ0v) is 12.3. The molecule has 108 valence electrons. The minimum absolute atomic E-state index is 0.161. The Kier molecular flexibility index (Phi) is 5.00. The molecule has 0 radical (unpaired) electrons. The molecule has 0 aliphatic heterocycles. The average molecular weight is 301 g/mol. The van der Waals surface area contributed by atoms with Gasteiger partial charge in [-0.25, -0.2) is 4.79 Å². The molecule has 1 amide bonds. The van der Waals surface area contributed by atoms with Crippen LogP contribution in [0.5, 0.6) is 0 Å². The van der Waals surface area contributed by atoms with E-state index in [0.29, 0.717) is 4.90 Å². The molecule has 2 aromatic rings. The number of carbonyl (C=O) groups excluding carboxylic acids is 1. The Morgan fingerprint density at radius 1 is 1.05 bits per heavy atom. The second-order valence-corrected chi connectivity index (χ2v) is 5.80. The van der Waals surface area contributed by atoms with Crippen LogP contribution in [0.2, 0.25) is 0 Å². The molecular formula is C16H15NO3S. The maximum absolute atomic E-state index is 12.1. The Hall–Kier alpha value is -2.27. The number of para-hydroxylation sites is 1. The van der Waals surface area contributed by atoms with Crippen molar-refractivity contribution in [2.45, 2.75) is 17.1 Å². The van der Waals surface area contributed by atoms with Crippen molar-refractivity contribution < 1.29 is 14.7 Å². The number of rotatable bonds is 5. The first-order chi connectivity index (χ1) is 10.1. The maximum Gasteiger partial charge on any atom is 0.336 e. The lowest BCUT2D eigenvalue weighted by Gasteiger charge is -2.13. The lowest BCUT2D eigenvalue weighted by Crippen LogP contribution is -2.22. The van der Waals surface area contributed by atoms with E-state index in [1.807, 2.05) is 18.2 Å². The van der Waals surface area contributed by atoms with Crippen LogP contribution < -0.4 is 5.32 Å². The summed E-state index contributed by atoms with van der Waals surface area (Å²) in [5, 5.41) is 11.5. The SMILES string of the molecule is CC(Sc1ccccc1C(=O)O)C(=O)Nc1ccccc1. The van der Waals surface area contributed by atoms with Crippen LogP contribution in [-0.2, 0) is 4.79 Å². The molecule has 5 heteroatoms. The van der Waals surface area contributed by atoms with Gasteiger partial charge in [0.15, 0.2) is 0 Å². The number of carboxylic acids is 1. The third-order valence-electron chi connectivity index (χ3n) is 2.83. The molecule has 21 heavy (non-hydrogen) atoms. The molecule has 1 atom stereocenters. The van der Waals surface area contributed by atoms with Crippen LogP contribution in [-0.4, -0.2) is 22.2 Å². The molecule has 0 aromatic heterocycles. The smallest absolute Gasteiger partial charge is 0.336 e. The summed E-state index contributed by atoms with van der Waals surface area (Å²) in [6, 6.07) is 15.8. The maximum atomic E-state index is 12.1. The first-order valence-electron chi connectivity index (χ1n) is 6.43. The molecular weight excluding hydrogens is 286 g/mol.